The van der Waals surface area contributed by atoms with Crippen LogP contribution in [0.25, 0.3) is 121 Å². The second kappa shape index (κ2) is 31.9. The van der Waals surface area contributed by atoms with E-state index < -0.39 is 0 Å². The summed E-state index contributed by atoms with van der Waals surface area (Å²) in [4.78, 5) is 4.63. The molecule has 19 rings (SSSR count). The molecule has 0 radical (unpaired) electrons. The minimum absolute atomic E-state index is 0.372. The van der Waals surface area contributed by atoms with Gasteiger partial charge in [-0.3, -0.25) is 0 Å². The lowest BCUT2D eigenvalue weighted by atomic mass is 9.79. The molecule has 1 aliphatic rings. The van der Waals surface area contributed by atoms with Gasteiger partial charge >= 0.3 is 7.12 Å². The molecule has 1 heterocycles. The summed E-state index contributed by atoms with van der Waals surface area (Å²) in [6.45, 7) is 8.34. The predicted octanol–water partition coefficient (Wildman–Crippen LogP) is 29.3. The van der Waals surface area contributed by atoms with Crippen LogP contribution in [0.2, 0.25) is 0 Å². The second-order valence-electron chi connectivity index (χ2n) is 29.7. The van der Waals surface area contributed by atoms with E-state index in [1.807, 2.05) is 12.1 Å². The van der Waals surface area contributed by atoms with Crippen molar-refractivity contribution in [1.82, 2.24) is 0 Å². The Kier molecular flexibility index (Phi) is 20.5. The lowest BCUT2D eigenvalue weighted by Gasteiger charge is -2.32. The van der Waals surface area contributed by atoms with Gasteiger partial charge in [-0.05, 0) is 269 Å². The van der Waals surface area contributed by atoms with Gasteiger partial charge < -0.3 is 19.1 Å². The molecule has 18 aromatic carbocycles. The van der Waals surface area contributed by atoms with E-state index in [1.54, 1.807) is 0 Å². The van der Waals surface area contributed by atoms with Crippen LogP contribution in [0, 0.1) is 0 Å². The first-order valence-electron chi connectivity index (χ1n) is 38.4. The van der Waals surface area contributed by atoms with Crippen molar-refractivity contribution >= 4 is 106 Å². The summed E-state index contributed by atoms with van der Waals surface area (Å²) in [5, 5.41) is 10.1. The zero-order valence-electron chi connectivity index (χ0n) is 63.1. The first-order chi connectivity index (χ1) is 54.8. The minimum atomic E-state index is -0.386. The maximum atomic E-state index is 6.29. The Labute approximate surface area is 666 Å². The summed E-state index contributed by atoms with van der Waals surface area (Å²) in [7, 11) is -0.386. The average molecular weight is 1510 g/mol. The van der Waals surface area contributed by atoms with Crippen molar-refractivity contribution in [3.63, 3.8) is 0 Å². The first-order valence-corrected chi connectivity index (χ1v) is 39.1. The molecule has 1 saturated heterocycles. The van der Waals surface area contributed by atoms with Crippen molar-refractivity contribution in [3.05, 3.63) is 429 Å². The molecule has 0 spiro atoms. The molecular formula is C106H82BBrN2O2. The van der Waals surface area contributed by atoms with Crippen LogP contribution in [0.3, 0.4) is 0 Å². The minimum Gasteiger partial charge on any atom is -0.399 e. The molecule has 0 amide bonds. The van der Waals surface area contributed by atoms with Crippen LogP contribution in [0.1, 0.15) is 27.7 Å². The molecule has 0 aromatic heterocycles. The fourth-order valence-electron chi connectivity index (χ4n) is 14.9. The monoisotopic (exact) mass is 1500 g/mol. The molecule has 0 saturated carbocycles. The average Bonchev–Trinajstić information content (AvgIpc) is 1.61. The number of rotatable bonds is 14. The van der Waals surface area contributed by atoms with Gasteiger partial charge in [0.15, 0.2) is 0 Å². The highest BCUT2D eigenvalue weighted by atomic mass is 79.9. The van der Waals surface area contributed by atoms with Crippen molar-refractivity contribution in [2.24, 2.45) is 0 Å². The quantitative estimate of drug-likeness (QED) is 0.101. The van der Waals surface area contributed by atoms with Crippen molar-refractivity contribution in [3.8, 4) is 77.9 Å². The van der Waals surface area contributed by atoms with E-state index >= 15 is 0 Å². The van der Waals surface area contributed by atoms with Gasteiger partial charge in [0.25, 0.3) is 0 Å². The topological polar surface area (TPSA) is 24.9 Å². The van der Waals surface area contributed by atoms with E-state index in [0.717, 1.165) is 44.1 Å². The molecule has 0 aliphatic carbocycles. The Bertz CT molecular complexity index is 6100. The van der Waals surface area contributed by atoms with Crippen LogP contribution in [-0.4, -0.2) is 18.3 Å². The summed E-state index contributed by atoms with van der Waals surface area (Å²) in [5.41, 5.74) is 23.9. The van der Waals surface area contributed by atoms with Gasteiger partial charge in [-0.1, -0.05) is 325 Å². The van der Waals surface area contributed by atoms with Crippen LogP contribution in [0.15, 0.2) is 429 Å². The van der Waals surface area contributed by atoms with Gasteiger partial charge in [0, 0.05) is 38.6 Å². The summed E-state index contributed by atoms with van der Waals surface area (Å²) < 4.78 is 13.7. The third-order valence-electron chi connectivity index (χ3n) is 21.9. The second-order valence-corrected chi connectivity index (χ2v) is 30.6. The number of anilines is 6. The van der Waals surface area contributed by atoms with Crippen molar-refractivity contribution in [1.29, 1.82) is 0 Å². The Hall–Kier alpha value is -12.9. The molecule has 0 N–H and O–H groups in total. The largest absolute Gasteiger partial charge is 0.494 e. The van der Waals surface area contributed by atoms with E-state index in [4.69, 9.17) is 9.31 Å². The Balaban J connectivity index is 0.000000132. The number of halogens is 1. The lowest BCUT2D eigenvalue weighted by molar-refractivity contribution is 0.00578. The molecule has 6 heteroatoms. The zero-order chi connectivity index (χ0) is 76.0. The SMILES string of the molecule is Brc1ccc2ccc(-c3ccc4ccccc4c3)cc2c1.CC1(C)OB(c2ccc(N(c3ccc(-c4ccccc4)cc3)c3ccc(-c4ccccc4)cc3)cc2)OC1(C)C.c1ccc(-c2ccc(N(c3ccc(-c4ccccc4)cc3)c3ccc(-c4ccc5ccc(-c6ccc7ccccc7c6)cc5c4)cc3)cc2)cc1. The van der Waals surface area contributed by atoms with Gasteiger partial charge in [0.2, 0.25) is 0 Å². The molecule has 112 heavy (non-hydrogen) atoms. The maximum Gasteiger partial charge on any atom is 0.494 e. The summed E-state index contributed by atoms with van der Waals surface area (Å²) >= 11 is 3.55. The predicted molar refractivity (Wildman–Crippen MR) is 480 cm³/mol. The van der Waals surface area contributed by atoms with Crippen LogP contribution in [-0.2, 0) is 9.31 Å². The van der Waals surface area contributed by atoms with Gasteiger partial charge in [0.1, 0.15) is 0 Å². The highest BCUT2D eigenvalue weighted by Crippen LogP contribution is 2.42. The van der Waals surface area contributed by atoms with Crippen LogP contribution >= 0.6 is 15.9 Å². The molecule has 0 bridgehead atoms. The van der Waals surface area contributed by atoms with Crippen molar-refractivity contribution in [2.75, 3.05) is 9.80 Å². The smallest absolute Gasteiger partial charge is 0.399 e. The Morgan fingerprint density at radius 1 is 0.196 bits per heavy atom. The first kappa shape index (κ1) is 72.0. The van der Waals surface area contributed by atoms with Gasteiger partial charge in [0.05, 0.1) is 11.2 Å². The third-order valence-corrected chi connectivity index (χ3v) is 22.4. The van der Waals surface area contributed by atoms with Crippen LogP contribution in [0.4, 0.5) is 34.1 Å². The van der Waals surface area contributed by atoms with E-state index in [1.165, 1.54) is 121 Å². The molecule has 538 valence electrons. The molecule has 0 unspecified atom stereocenters. The molecule has 1 fully saturated rings. The molecule has 1 aliphatic heterocycles. The van der Waals surface area contributed by atoms with E-state index in [-0.39, 0.29) is 18.3 Å². The number of hydrogen-bond acceptors (Lipinski definition) is 4. The number of benzene rings is 18. The van der Waals surface area contributed by atoms with E-state index in [2.05, 4.69) is 466 Å². The van der Waals surface area contributed by atoms with Crippen molar-refractivity contribution in [2.45, 2.75) is 38.9 Å². The maximum absolute atomic E-state index is 6.29. The van der Waals surface area contributed by atoms with E-state index in [9.17, 15) is 0 Å². The third kappa shape index (κ3) is 15.8. The van der Waals surface area contributed by atoms with Crippen LogP contribution < -0.4 is 15.3 Å². The summed E-state index contributed by atoms with van der Waals surface area (Å²) in [6, 6.07) is 152. The molecular weight excluding hydrogens is 1420 g/mol. The fraction of sp³-hybridized carbons (Fsp3) is 0.0566. The molecule has 0 atom stereocenters. The summed E-state index contributed by atoms with van der Waals surface area (Å²) in [6.07, 6.45) is 0. The number of fused-ring (bicyclic) bond motifs is 4. The number of hydrogen-bond donors (Lipinski definition) is 0. The standard InChI is InChI=1S/C50H35N.C36H34BNO2.C20H13Br/c1-3-9-36(10-4-1)39-21-27-48(28-22-39)51(49-29-23-40(24-30-49)37-11-5-2-6-12-37)50-31-25-41(26-32-50)44-18-16-42-17-20-46(35-47(42)34-44)45-19-15-38-13-7-8-14-43(38)33-45;1-35(2)36(3,4)40-37(39-35)31-19-25-34(26-20-31)38(32-21-15-29(16-22-32)27-11-7-5-8-12-27)33-23-17-30(18-24-33)28-13-9-6-10-14-28;21-20-10-9-15-6-8-18(12-19(15)13-20)17-7-5-14-3-1-2-4-16(14)11-17/h1-35H;5-26H,1-4H3;1-13H. The lowest BCUT2D eigenvalue weighted by Crippen LogP contribution is -2.41. The zero-order valence-corrected chi connectivity index (χ0v) is 64.7. The highest BCUT2D eigenvalue weighted by Gasteiger charge is 2.51. The van der Waals surface area contributed by atoms with Gasteiger partial charge in [-0.15, -0.1) is 0 Å². The van der Waals surface area contributed by atoms with Gasteiger partial charge in [-0.2, -0.15) is 0 Å². The van der Waals surface area contributed by atoms with Crippen LogP contribution in [0.5, 0.6) is 0 Å². The fourth-order valence-corrected chi connectivity index (χ4v) is 15.3. The highest BCUT2D eigenvalue weighted by molar-refractivity contribution is 9.10. The molecule has 18 aromatic rings. The normalized spacial score (nSPS) is 12.7. The van der Waals surface area contributed by atoms with Crippen molar-refractivity contribution < 1.29 is 9.31 Å². The summed E-state index contributed by atoms with van der Waals surface area (Å²) in [5.74, 6) is 0. The van der Waals surface area contributed by atoms with E-state index in [0.29, 0.717) is 0 Å². The van der Waals surface area contributed by atoms with Gasteiger partial charge in [-0.25, -0.2) is 0 Å². The Morgan fingerprint density at radius 3 is 0.705 bits per heavy atom. The Morgan fingerprint density at radius 2 is 0.402 bits per heavy atom. The number of nitrogens with zero attached hydrogens (tertiary/aromatic N) is 2. The molecule has 4 nitrogen and oxygen atoms in total.